The highest BCUT2D eigenvalue weighted by atomic mass is 19.1. The number of aromatic nitrogens is 2. The summed E-state index contributed by atoms with van der Waals surface area (Å²) in [6.07, 6.45) is 10.2. The van der Waals surface area contributed by atoms with Crippen LogP contribution in [0.3, 0.4) is 0 Å². The second-order valence-electron chi connectivity index (χ2n) is 9.08. The Labute approximate surface area is 182 Å². The Balaban J connectivity index is 1.26. The molecule has 6 nitrogen and oxygen atoms in total. The second kappa shape index (κ2) is 8.80. The average molecular weight is 421 g/mol. The maximum atomic E-state index is 14.6. The van der Waals surface area contributed by atoms with Crippen molar-refractivity contribution in [2.45, 2.75) is 56.9 Å². The van der Waals surface area contributed by atoms with Crippen LogP contribution in [0.4, 0.5) is 21.8 Å². The lowest BCUT2D eigenvalue weighted by Gasteiger charge is -2.44. The van der Waals surface area contributed by atoms with Crippen LogP contribution in [0.5, 0.6) is 0 Å². The number of anilines is 3. The first-order valence-corrected chi connectivity index (χ1v) is 11.5. The molecule has 2 aliphatic heterocycles. The summed E-state index contributed by atoms with van der Waals surface area (Å²) in [6, 6.07) is 7.78. The maximum absolute atomic E-state index is 14.6. The largest absolute Gasteiger partial charge is 0.370 e. The van der Waals surface area contributed by atoms with Crippen molar-refractivity contribution in [1.29, 1.82) is 5.26 Å². The van der Waals surface area contributed by atoms with Gasteiger partial charge in [0.15, 0.2) is 0 Å². The fourth-order valence-corrected chi connectivity index (χ4v) is 5.20. The lowest BCUT2D eigenvalue weighted by Crippen LogP contribution is -2.49. The summed E-state index contributed by atoms with van der Waals surface area (Å²) in [7, 11) is 0. The maximum Gasteiger partial charge on any atom is 0.229 e. The zero-order chi connectivity index (χ0) is 21.2. The van der Waals surface area contributed by atoms with E-state index in [-0.39, 0.29) is 11.5 Å². The molecule has 0 bridgehead atoms. The van der Waals surface area contributed by atoms with Gasteiger partial charge in [-0.1, -0.05) is 6.42 Å². The first-order valence-electron chi connectivity index (χ1n) is 11.5. The minimum Gasteiger partial charge on any atom is -0.370 e. The van der Waals surface area contributed by atoms with Crippen molar-refractivity contribution in [3.8, 4) is 6.07 Å². The van der Waals surface area contributed by atoms with E-state index in [0.717, 1.165) is 30.8 Å². The SMILES string of the molecule is N#Cc1cc(Nc2nccc(NC[C@@H]3CCCN4CCCC[C@H]34)n2)c(F)cc1C1CC1. The van der Waals surface area contributed by atoms with Gasteiger partial charge in [0.2, 0.25) is 5.95 Å². The molecule has 1 aromatic heterocycles. The highest BCUT2D eigenvalue weighted by Crippen LogP contribution is 2.42. The third-order valence-electron chi connectivity index (χ3n) is 6.95. The van der Waals surface area contributed by atoms with Gasteiger partial charge < -0.3 is 15.5 Å². The van der Waals surface area contributed by atoms with Crippen LogP contribution in [0.2, 0.25) is 0 Å². The smallest absolute Gasteiger partial charge is 0.229 e. The van der Waals surface area contributed by atoms with Crippen LogP contribution in [0.15, 0.2) is 24.4 Å². The van der Waals surface area contributed by atoms with Gasteiger partial charge in [0.25, 0.3) is 0 Å². The number of piperidine rings is 2. The van der Waals surface area contributed by atoms with Crippen LogP contribution < -0.4 is 10.6 Å². The van der Waals surface area contributed by atoms with Crippen LogP contribution in [0.25, 0.3) is 0 Å². The molecule has 2 N–H and O–H groups in total. The van der Waals surface area contributed by atoms with E-state index in [4.69, 9.17) is 0 Å². The highest BCUT2D eigenvalue weighted by Gasteiger charge is 2.32. The van der Waals surface area contributed by atoms with E-state index in [2.05, 4.69) is 31.6 Å². The van der Waals surface area contributed by atoms with Crippen molar-refractivity contribution in [1.82, 2.24) is 14.9 Å². The summed E-state index contributed by atoms with van der Waals surface area (Å²) in [5.41, 5.74) is 1.57. The summed E-state index contributed by atoms with van der Waals surface area (Å²) in [4.78, 5) is 11.4. The molecule has 1 saturated carbocycles. The van der Waals surface area contributed by atoms with E-state index in [1.807, 2.05) is 6.07 Å². The number of hydrogen-bond acceptors (Lipinski definition) is 6. The van der Waals surface area contributed by atoms with Crippen molar-refractivity contribution < 1.29 is 4.39 Å². The number of benzene rings is 1. The Morgan fingerprint density at radius 2 is 2.00 bits per heavy atom. The molecule has 5 rings (SSSR count). The summed E-state index contributed by atoms with van der Waals surface area (Å²) in [6.45, 7) is 3.36. The summed E-state index contributed by atoms with van der Waals surface area (Å²) >= 11 is 0. The van der Waals surface area contributed by atoms with Crippen LogP contribution in [-0.2, 0) is 0 Å². The fourth-order valence-electron chi connectivity index (χ4n) is 5.20. The van der Waals surface area contributed by atoms with E-state index in [1.165, 1.54) is 51.3 Å². The minimum atomic E-state index is -0.373. The van der Waals surface area contributed by atoms with Gasteiger partial charge in [-0.15, -0.1) is 0 Å². The molecule has 0 unspecified atom stereocenters. The number of nitrogens with one attached hydrogen (secondary N) is 2. The number of fused-ring (bicyclic) bond motifs is 1. The zero-order valence-electron chi connectivity index (χ0n) is 17.8. The Morgan fingerprint density at radius 3 is 2.84 bits per heavy atom. The lowest BCUT2D eigenvalue weighted by molar-refractivity contribution is 0.0649. The predicted octanol–water partition coefficient (Wildman–Crippen LogP) is 4.78. The minimum absolute atomic E-state index is 0.239. The van der Waals surface area contributed by atoms with Crippen molar-refractivity contribution in [3.05, 3.63) is 41.3 Å². The van der Waals surface area contributed by atoms with Gasteiger partial charge in [-0.3, -0.25) is 0 Å². The number of rotatable bonds is 6. The molecule has 0 radical (unpaired) electrons. The van der Waals surface area contributed by atoms with Gasteiger partial charge >= 0.3 is 0 Å². The summed E-state index contributed by atoms with van der Waals surface area (Å²) in [5.74, 6) is 1.64. The molecule has 162 valence electrons. The third-order valence-corrected chi connectivity index (χ3v) is 6.95. The van der Waals surface area contributed by atoms with E-state index in [1.54, 1.807) is 12.3 Å². The Bertz CT molecular complexity index is 981. The Hall–Kier alpha value is -2.72. The first kappa shape index (κ1) is 20.2. The van der Waals surface area contributed by atoms with Crippen molar-refractivity contribution >= 4 is 17.5 Å². The number of halogens is 1. The van der Waals surface area contributed by atoms with Crippen molar-refractivity contribution in [2.75, 3.05) is 30.3 Å². The molecule has 7 heteroatoms. The number of nitrogens with zero attached hydrogens (tertiary/aromatic N) is 4. The predicted molar refractivity (Wildman–Crippen MR) is 119 cm³/mol. The fraction of sp³-hybridized carbons (Fsp3) is 0.542. The first-order chi connectivity index (χ1) is 15.2. The molecule has 1 aliphatic carbocycles. The molecule has 1 aromatic carbocycles. The molecule has 0 spiro atoms. The molecule has 31 heavy (non-hydrogen) atoms. The van der Waals surface area contributed by atoms with Gasteiger partial charge in [0.1, 0.15) is 11.6 Å². The normalized spacial score (nSPS) is 23.6. The van der Waals surface area contributed by atoms with Crippen LogP contribution in [0.1, 0.15) is 62.0 Å². The van der Waals surface area contributed by atoms with E-state index in [0.29, 0.717) is 29.4 Å². The monoisotopic (exact) mass is 420 g/mol. The molecule has 2 aromatic rings. The molecular formula is C24H29FN6. The molecule has 0 amide bonds. The number of hydrogen-bond donors (Lipinski definition) is 2. The van der Waals surface area contributed by atoms with Crippen LogP contribution >= 0.6 is 0 Å². The lowest BCUT2D eigenvalue weighted by atomic mass is 9.83. The zero-order valence-corrected chi connectivity index (χ0v) is 17.8. The molecule has 2 atom stereocenters. The third kappa shape index (κ3) is 4.49. The molecular weight excluding hydrogens is 391 g/mol. The van der Waals surface area contributed by atoms with Gasteiger partial charge in [-0.25, -0.2) is 9.37 Å². The van der Waals surface area contributed by atoms with Crippen LogP contribution in [0, 0.1) is 23.1 Å². The summed E-state index contributed by atoms with van der Waals surface area (Å²) in [5, 5.41) is 15.9. The molecule has 3 aliphatic rings. The average Bonchev–Trinajstić information content (AvgIpc) is 3.64. The Morgan fingerprint density at radius 1 is 1.13 bits per heavy atom. The van der Waals surface area contributed by atoms with Crippen LogP contribution in [-0.4, -0.2) is 40.5 Å². The van der Waals surface area contributed by atoms with E-state index >= 15 is 0 Å². The molecule has 3 heterocycles. The summed E-state index contributed by atoms with van der Waals surface area (Å²) < 4.78 is 14.6. The van der Waals surface area contributed by atoms with Gasteiger partial charge in [0, 0.05) is 18.8 Å². The van der Waals surface area contributed by atoms with Crippen molar-refractivity contribution in [2.24, 2.45) is 5.92 Å². The van der Waals surface area contributed by atoms with Gasteiger partial charge in [-0.05, 0) is 87.2 Å². The molecule has 3 fully saturated rings. The van der Waals surface area contributed by atoms with Crippen molar-refractivity contribution in [3.63, 3.8) is 0 Å². The molecule has 2 saturated heterocycles. The van der Waals surface area contributed by atoms with E-state index in [9.17, 15) is 9.65 Å². The van der Waals surface area contributed by atoms with Gasteiger partial charge in [0.05, 0.1) is 17.3 Å². The quantitative estimate of drug-likeness (QED) is 0.700. The topological polar surface area (TPSA) is 76.9 Å². The number of nitriles is 1. The van der Waals surface area contributed by atoms with Gasteiger partial charge in [-0.2, -0.15) is 10.2 Å². The van der Waals surface area contributed by atoms with E-state index < -0.39 is 0 Å². The Kier molecular flexibility index (Phi) is 5.73. The second-order valence-corrected chi connectivity index (χ2v) is 9.08. The highest BCUT2D eigenvalue weighted by molar-refractivity contribution is 5.61. The standard InChI is InChI=1S/C24H29FN6/c25-20-13-19(16-6-7-16)18(14-26)12-21(20)29-24-27-9-8-23(30-24)28-15-17-4-3-11-31-10-2-1-5-22(17)31/h8-9,12-13,16-17,22H,1-7,10-11,15H2,(H2,27,28,29,30)/t17-,22+/m0/s1.